The van der Waals surface area contributed by atoms with Crippen molar-refractivity contribution >= 4 is 29.2 Å². The van der Waals surface area contributed by atoms with E-state index in [1.54, 1.807) is 25.3 Å². The fourth-order valence-corrected chi connectivity index (χ4v) is 4.65. The van der Waals surface area contributed by atoms with Crippen LogP contribution in [-0.2, 0) is 19.1 Å². The van der Waals surface area contributed by atoms with Gasteiger partial charge in [0.1, 0.15) is 0 Å². The summed E-state index contributed by atoms with van der Waals surface area (Å²) in [6.07, 6.45) is 1.32. The number of hydrogen-bond donors (Lipinski definition) is 1. The van der Waals surface area contributed by atoms with Gasteiger partial charge in [-0.3, -0.25) is 14.4 Å². The molecule has 0 radical (unpaired) electrons. The third-order valence-electron chi connectivity index (χ3n) is 4.99. The minimum absolute atomic E-state index is 0.0615. The lowest BCUT2D eigenvalue weighted by Crippen LogP contribution is -2.48. The fraction of sp³-hybridized carbons (Fsp3) is 0.588. The maximum Gasteiger partial charge on any atom is 0.311 e. The minimum Gasteiger partial charge on any atom is -0.466 e. The summed E-state index contributed by atoms with van der Waals surface area (Å²) >= 11 is 1.42. The van der Waals surface area contributed by atoms with Crippen LogP contribution in [-0.4, -0.2) is 36.6 Å². The Balaban J connectivity index is 1.85. The van der Waals surface area contributed by atoms with Crippen LogP contribution in [0.15, 0.2) is 16.8 Å². The third kappa shape index (κ3) is 2.60. The van der Waals surface area contributed by atoms with Gasteiger partial charge in [0.2, 0.25) is 0 Å². The molecule has 3 rings (SSSR count). The Morgan fingerprint density at radius 2 is 1.92 bits per heavy atom. The Morgan fingerprint density at radius 1 is 1.21 bits per heavy atom. The van der Waals surface area contributed by atoms with Crippen LogP contribution in [0.3, 0.4) is 0 Å². The molecule has 130 valence electrons. The van der Waals surface area contributed by atoms with Gasteiger partial charge in [0, 0.05) is 5.38 Å². The lowest BCUT2D eigenvalue weighted by molar-refractivity contribution is -0.150. The first-order chi connectivity index (χ1) is 11.6. The summed E-state index contributed by atoms with van der Waals surface area (Å²) < 4.78 is 10.3. The van der Waals surface area contributed by atoms with Gasteiger partial charge in [-0.2, -0.15) is 11.3 Å². The highest BCUT2D eigenvalue weighted by molar-refractivity contribution is 7.08. The maximum absolute atomic E-state index is 12.5. The van der Waals surface area contributed by atoms with Gasteiger partial charge in [0.25, 0.3) is 5.91 Å². The number of ether oxygens (including phenoxy) is 2. The van der Waals surface area contributed by atoms with Crippen LogP contribution >= 0.6 is 11.3 Å². The van der Waals surface area contributed by atoms with Crippen LogP contribution in [0.1, 0.15) is 37.0 Å². The lowest BCUT2D eigenvalue weighted by atomic mass is 9.94. The number of carbonyl (C=O) groups is 3. The molecular weight excluding hydrogens is 330 g/mol. The smallest absolute Gasteiger partial charge is 0.311 e. The van der Waals surface area contributed by atoms with Crippen molar-refractivity contribution in [3.63, 3.8) is 0 Å². The highest BCUT2D eigenvalue weighted by Gasteiger charge is 2.77. The average molecular weight is 351 g/mol. The molecule has 7 heteroatoms. The first-order valence-electron chi connectivity index (χ1n) is 8.24. The van der Waals surface area contributed by atoms with E-state index < -0.39 is 17.4 Å². The Labute approximate surface area is 144 Å². The molecule has 0 saturated heterocycles. The van der Waals surface area contributed by atoms with Gasteiger partial charge < -0.3 is 14.8 Å². The van der Waals surface area contributed by atoms with Crippen LogP contribution in [0.5, 0.6) is 0 Å². The molecular formula is C17H21NO5S. The number of carbonyl (C=O) groups excluding carboxylic acids is 3. The molecule has 2 fully saturated rings. The molecule has 0 aromatic carbocycles. The molecule has 1 aromatic heterocycles. The Hall–Kier alpha value is -1.89. The number of esters is 2. The van der Waals surface area contributed by atoms with E-state index in [0.29, 0.717) is 18.4 Å². The zero-order valence-electron chi connectivity index (χ0n) is 13.7. The van der Waals surface area contributed by atoms with E-state index in [0.717, 1.165) is 0 Å². The molecule has 4 atom stereocenters. The number of hydrogen-bond acceptors (Lipinski definition) is 6. The Kier molecular flexibility index (Phi) is 4.62. The highest BCUT2D eigenvalue weighted by Crippen LogP contribution is 2.64. The predicted molar refractivity (Wildman–Crippen MR) is 87.5 cm³/mol. The largest absolute Gasteiger partial charge is 0.466 e. The van der Waals surface area contributed by atoms with Crippen LogP contribution in [0, 0.1) is 17.8 Å². The van der Waals surface area contributed by atoms with Gasteiger partial charge in [-0.15, -0.1) is 0 Å². The minimum atomic E-state index is -0.864. The van der Waals surface area contributed by atoms with Gasteiger partial charge >= 0.3 is 11.9 Å². The van der Waals surface area contributed by atoms with Gasteiger partial charge in [0.05, 0.1) is 36.2 Å². The monoisotopic (exact) mass is 351 g/mol. The van der Waals surface area contributed by atoms with Crippen molar-refractivity contribution in [3.8, 4) is 0 Å². The molecule has 1 N–H and O–H groups in total. The van der Waals surface area contributed by atoms with Crippen LogP contribution in [0.4, 0.5) is 0 Å². The Bertz CT molecular complexity index is 643. The van der Waals surface area contributed by atoms with E-state index in [2.05, 4.69) is 5.32 Å². The number of rotatable bonds is 6. The molecule has 0 spiro atoms. The van der Waals surface area contributed by atoms with Crippen molar-refractivity contribution < 1.29 is 23.9 Å². The average Bonchev–Trinajstić information content (AvgIpc) is 2.93. The second kappa shape index (κ2) is 6.55. The van der Waals surface area contributed by atoms with E-state index in [9.17, 15) is 14.4 Å². The molecule has 0 aliphatic heterocycles. The van der Waals surface area contributed by atoms with Crippen LogP contribution in [0.25, 0.3) is 0 Å². The molecule has 4 unspecified atom stereocenters. The number of amides is 1. The highest BCUT2D eigenvalue weighted by atomic mass is 32.1. The van der Waals surface area contributed by atoms with E-state index in [-0.39, 0.29) is 37.0 Å². The Morgan fingerprint density at radius 3 is 2.54 bits per heavy atom. The number of fused-ring (bicyclic) bond motifs is 1. The van der Waals surface area contributed by atoms with Crippen molar-refractivity contribution in [1.29, 1.82) is 0 Å². The van der Waals surface area contributed by atoms with Gasteiger partial charge in [-0.1, -0.05) is 0 Å². The molecule has 2 saturated carbocycles. The number of nitrogens with one attached hydrogen (secondary N) is 1. The summed E-state index contributed by atoms with van der Waals surface area (Å²) in [5, 5.41) is 6.54. The molecule has 6 nitrogen and oxygen atoms in total. The molecule has 1 heterocycles. The van der Waals surface area contributed by atoms with Crippen LogP contribution in [0.2, 0.25) is 0 Å². The summed E-state index contributed by atoms with van der Waals surface area (Å²) in [6, 6.07) is 1.72. The standard InChI is InChI=1S/C17H21NO5S/c1-3-22-15(20)12-6-5-11-13(16(21)23-4-2)17(11,12)18-14(19)10-7-8-24-9-10/h7-9,11-13H,3-6H2,1-2H3,(H,18,19). The van der Waals surface area contributed by atoms with Gasteiger partial charge in [-0.25, -0.2) is 0 Å². The van der Waals surface area contributed by atoms with E-state index in [4.69, 9.17) is 9.47 Å². The second-order valence-electron chi connectivity index (χ2n) is 6.12. The van der Waals surface area contributed by atoms with Crippen molar-refractivity contribution in [3.05, 3.63) is 22.4 Å². The maximum atomic E-state index is 12.5. The van der Waals surface area contributed by atoms with Crippen molar-refractivity contribution in [1.82, 2.24) is 5.32 Å². The normalized spacial score (nSPS) is 30.3. The van der Waals surface area contributed by atoms with Gasteiger partial charge in [0.15, 0.2) is 0 Å². The summed E-state index contributed by atoms with van der Waals surface area (Å²) in [5.41, 5.74) is -0.325. The molecule has 24 heavy (non-hydrogen) atoms. The van der Waals surface area contributed by atoms with Gasteiger partial charge in [-0.05, 0) is 44.1 Å². The van der Waals surface area contributed by atoms with E-state index in [1.807, 2.05) is 5.38 Å². The first kappa shape index (κ1) is 17.0. The summed E-state index contributed by atoms with van der Waals surface area (Å²) in [6.45, 7) is 4.05. The van der Waals surface area contributed by atoms with Crippen molar-refractivity contribution in [2.75, 3.05) is 13.2 Å². The molecule has 1 aromatic rings. The zero-order valence-corrected chi connectivity index (χ0v) is 14.6. The summed E-state index contributed by atoms with van der Waals surface area (Å²) in [4.78, 5) is 37.2. The first-order valence-corrected chi connectivity index (χ1v) is 9.18. The van der Waals surface area contributed by atoms with Crippen LogP contribution < -0.4 is 5.32 Å². The van der Waals surface area contributed by atoms with E-state index in [1.165, 1.54) is 11.3 Å². The molecule has 2 aliphatic carbocycles. The SMILES string of the molecule is CCOC(=O)C1CCC2C(C(=O)OCC)C12NC(=O)c1ccsc1. The lowest BCUT2D eigenvalue weighted by Gasteiger charge is -2.24. The molecule has 0 bridgehead atoms. The predicted octanol–water partition coefficient (Wildman–Crippen LogP) is 2.00. The zero-order chi connectivity index (χ0) is 17.3. The summed E-state index contributed by atoms with van der Waals surface area (Å²) in [5.74, 6) is -1.99. The van der Waals surface area contributed by atoms with Crippen molar-refractivity contribution in [2.24, 2.45) is 17.8 Å². The van der Waals surface area contributed by atoms with Crippen molar-refractivity contribution in [2.45, 2.75) is 32.2 Å². The topological polar surface area (TPSA) is 81.7 Å². The molecule has 1 amide bonds. The fourth-order valence-electron chi connectivity index (χ4n) is 4.01. The second-order valence-corrected chi connectivity index (χ2v) is 6.90. The summed E-state index contributed by atoms with van der Waals surface area (Å²) in [7, 11) is 0. The quantitative estimate of drug-likeness (QED) is 0.793. The molecule has 2 aliphatic rings. The third-order valence-corrected chi connectivity index (χ3v) is 5.67. The number of thiophene rings is 1. The van der Waals surface area contributed by atoms with E-state index >= 15 is 0 Å².